The first-order valence-corrected chi connectivity index (χ1v) is 10.1. The largest absolute Gasteiger partial charge is 0.329 e. The molecule has 6 heteroatoms. The van der Waals surface area contributed by atoms with Gasteiger partial charge in [0.1, 0.15) is 5.82 Å². The third kappa shape index (κ3) is 4.23. The molecule has 0 bridgehead atoms. The Morgan fingerprint density at radius 1 is 1.14 bits per heavy atom. The van der Waals surface area contributed by atoms with Crippen LogP contribution in [0.25, 0.3) is 0 Å². The molecular formula is C22H21Cl2N3O. The quantitative estimate of drug-likeness (QED) is 0.545. The van der Waals surface area contributed by atoms with Gasteiger partial charge in [-0.05, 0) is 49.6 Å². The molecule has 1 aliphatic rings. The van der Waals surface area contributed by atoms with E-state index in [4.69, 9.17) is 23.2 Å². The van der Waals surface area contributed by atoms with Gasteiger partial charge in [0.2, 0.25) is 0 Å². The van der Waals surface area contributed by atoms with E-state index in [2.05, 4.69) is 9.55 Å². The Kier molecular flexibility index (Phi) is 5.42. The molecule has 2 aromatic carbocycles. The third-order valence-corrected chi connectivity index (χ3v) is 5.74. The van der Waals surface area contributed by atoms with Gasteiger partial charge in [-0.25, -0.2) is 4.98 Å². The summed E-state index contributed by atoms with van der Waals surface area (Å²) in [6.07, 6.45) is 5.80. The normalized spacial score (nSPS) is 13.5. The van der Waals surface area contributed by atoms with Gasteiger partial charge in [-0.3, -0.25) is 4.79 Å². The molecule has 0 saturated heterocycles. The summed E-state index contributed by atoms with van der Waals surface area (Å²) in [5.74, 6) is 0.921. The van der Waals surface area contributed by atoms with Gasteiger partial charge in [0.25, 0.3) is 5.91 Å². The maximum absolute atomic E-state index is 13.1. The number of hydrogen-bond donors (Lipinski definition) is 0. The predicted octanol–water partition coefficient (Wildman–Crippen LogP) is 5.35. The van der Waals surface area contributed by atoms with E-state index >= 15 is 0 Å². The van der Waals surface area contributed by atoms with E-state index in [0.717, 1.165) is 35.4 Å². The molecule has 1 saturated carbocycles. The fourth-order valence-electron chi connectivity index (χ4n) is 3.24. The SMILES string of the molecule is Cc1ccc(C(=O)N(Cc2nccn2Cc2ccc(Cl)c(Cl)c2)C2CC2)cc1. The van der Waals surface area contributed by atoms with Crippen molar-refractivity contribution in [1.29, 1.82) is 0 Å². The van der Waals surface area contributed by atoms with Gasteiger partial charge in [-0.2, -0.15) is 0 Å². The number of aryl methyl sites for hydroxylation is 1. The number of rotatable bonds is 6. The topological polar surface area (TPSA) is 38.1 Å². The van der Waals surface area contributed by atoms with E-state index in [9.17, 15) is 4.79 Å². The first kappa shape index (κ1) is 19.0. The Balaban J connectivity index is 1.54. The van der Waals surface area contributed by atoms with Crippen LogP contribution in [0.15, 0.2) is 54.9 Å². The van der Waals surface area contributed by atoms with Crippen LogP contribution in [0.1, 0.15) is 40.2 Å². The van der Waals surface area contributed by atoms with Crippen LogP contribution in [0, 0.1) is 6.92 Å². The van der Waals surface area contributed by atoms with Crippen molar-refractivity contribution >= 4 is 29.1 Å². The Morgan fingerprint density at radius 2 is 1.89 bits per heavy atom. The molecule has 1 fully saturated rings. The van der Waals surface area contributed by atoms with E-state index in [1.807, 2.05) is 54.4 Å². The lowest BCUT2D eigenvalue weighted by Gasteiger charge is -2.23. The molecule has 4 rings (SSSR count). The number of carbonyl (C=O) groups excluding carboxylic acids is 1. The van der Waals surface area contributed by atoms with Crippen molar-refractivity contribution in [2.45, 2.75) is 38.9 Å². The summed E-state index contributed by atoms with van der Waals surface area (Å²) < 4.78 is 2.05. The van der Waals surface area contributed by atoms with Crippen molar-refractivity contribution < 1.29 is 4.79 Å². The molecule has 0 N–H and O–H groups in total. The number of halogens is 2. The van der Waals surface area contributed by atoms with E-state index in [-0.39, 0.29) is 5.91 Å². The summed E-state index contributed by atoms with van der Waals surface area (Å²) >= 11 is 12.2. The van der Waals surface area contributed by atoms with Crippen LogP contribution >= 0.6 is 23.2 Å². The second-order valence-corrected chi connectivity index (χ2v) is 8.06. The molecule has 0 aliphatic heterocycles. The van der Waals surface area contributed by atoms with E-state index < -0.39 is 0 Å². The lowest BCUT2D eigenvalue weighted by molar-refractivity contribution is 0.0723. The Morgan fingerprint density at radius 3 is 2.57 bits per heavy atom. The molecule has 0 radical (unpaired) electrons. The minimum atomic E-state index is 0.0617. The number of benzene rings is 2. The zero-order valence-corrected chi connectivity index (χ0v) is 17.1. The first-order valence-electron chi connectivity index (χ1n) is 9.33. The molecule has 1 aliphatic carbocycles. The summed E-state index contributed by atoms with van der Waals surface area (Å²) in [4.78, 5) is 19.5. The fraction of sp³-hybridized carbons (Fsp3) is 0.273. The minimum Gasteiger partial charge on any atom is -0.329 e. The highest BCUT2D eigenvalue weighted by Crippen LogP contribution is 2.30. The minimum absolute atomic E-state index is 0.0617. The van der Waals surface area contributed by atoms with Gasteiger partial charge in [0, 0.05) is 30.5 Å². The van der Waals surface area contributed by atoms with Crippen LogP contribution < -0.4 is 0 Å². The fourth-order valence-corrected chi connectivity index (χ4v) is 3.56. The van der Waals surface area contributed by atoms with Crippen molar-refractivity contribution in [2.75, 3.05) is 0 Å². The molecule has 0 spiro atoms. The number of amides is 1. The second-order valence-electron chi connectivity index (χ2n) is 7.25. The summed E-state index contributed by atoms with van der Waals surface area (Å²) in [7, 11) is 0. The molecule has 144 valence electrons. The zero-order valence-electron chi connectivity index (χ0n) is 15.6. The first-order chi connectivity index (χ1) is 13.5. The summed E-state index contributed by atoms with van der Waals surface area (Å²) in [5, 5.41) is 1.08. The molecule has 0 unspecified atom stereocenters. The van der Waals surface area contributed by atoms with Crippen molar-refractivity contribution in [3.05, 3.63) is 87.4 Å². The van der Waals surface area contributed by atoms with E-state index in [1.54, 1.807) is 12.3 Å². The third-order valence-electron chi connectivity index (χ3n) is 5.00. The molecule has 28 heavy (non-hydrogen) atoms. The molecule has 1 heterocycles. The maximum Gasteiger partial charge on any atom is 0.254 e. The lowest BCUT2D eigenvalue weighted by Crippen LogP contribution is -2.33. The second kappa shape index (κ2) is 7.98. The van der Waals surface area contributed by atoms with Crippen LogP contribution in [0.3, 0.4) is 0 Å². The molecule has 1 amide bonds. The maximum atomic E-state index is 13.1. The van der Waals surface area contributed by atoms with Gasteiger partial charge < -0.3 is 9.47 Å². The molecule has 4 nitrogen and oxygen atoms in total. The zero-order chi connectivity index (χ0) is 19.7. The van der Waals surface area contributed by atoms with Crippen molar-refractivity contribution in [3.63, 3.8) is 0 Å². The Bertz CT molecular complexity index is 993. The average molecular weight is 414 g/mol. The average Bonchev–Trinajstić information content (AvgIpc) is 3.43. The number of imidazole rings is 1. The van der Waals surface area contributed by atoms with Gasteiger partial charge >= 0.3 is 0 Å². The van der Waals surface area contributed by atoms with Crippen LogP contribution in [0.4, 0.5) is 0 Å². The van der Waals surface area contributed by atoms with Crippen molar-refractivity contribution in [2.24, 2.45) is 0 Å². The predicted molar refractivity (Wildman–Crippen MR) is 112 cm³/mol. The number of hydrogen-bond acceptors (Lipinski definition) is 2. The highest BCUT2D eigenvalue weighted by molar-refractivity contribution is 6.42. The summed E-state index contributed by atoms with van der Waals surface area (Å²) in [6.45, 7) is 3.14. The molecule has 1 aromatic heterocycles. The Labute approximate surface area is 174 Å². The van der Waals surface area contributed by atoms with Crippen LogP contribution in [0.5, 0.6) is 0 Å². The highest BCUT2D eigenvalue weighted by Gasteiger charge is 2.33. The summed E-state index contributed by atoms with van der Waals surface area (Å²) in [5.41, 5.74) is 2.91. The molecule has 0 atom stereocenters. The standard InChI is InChI=1S/C22H21Cl2N3O/c1-15-2-5-17(6-3-15)22(28)27(18-7-8-18)14-21-25-10-11-26(21)13-16-4-9-19(23)20(24)12-16/h2-6,9-12,18H,7-8,13-14H2,1H3. The summed E-state index contributed by atoms with van der Waals surface area (Å²) in [6, 6.07) is 13.7. The van der Waals surface area contributed by atoms with Crippen LogP contribution in [-0.4, -0.2) is 26.4 Å². The van der Waals surface area contributed by atoms with E-state index in [0.29, 0.717) is 29.2 Å². The number of nitrogens with zero attached hydrogens (tertiary/aromatic N) is 3. The monoisotopic (exact) mass is 413 g/mol. The highest BCUT2D eigenvalue weighted by atomic mass is 35.5. The number of aromatic nitrogens is 2. The van der Waals surface area contributed by atoms with Crippen LogP contribution in [0.2, 0.25) is 10.0 Å². The number of carbonyl (C=O) groups is 1. The van der Waals surface area contributed by atoms with Gasteiger partial charge in [0.15, 0.2) is 0 Å². The van der Waals surface area contributed by atoms with Gasteiger partial charge in [-0.15, -0.1) is 0 Å². The van der Waals surface area contributed by atoms with Gasteiger partial charge in [0.05, 0.1) is 16.6 Å². The van der Waals surface area contributed by atoms with Crippen molar-refractivity contribution in [3.8, 4) is 0 Å². The Hall–Kier alpha value is -2.30. The van der Waals surface area contributed by atoms with E-state index in [1.165, 1.54) is 0 Å². The lowest BCUT2D eigenvalue weighted by atomic mass is 10.1. The van der Waals surface area contributed by atoms with Gasteiger partial charge in [-0.1, -0.05) is 47.0 Å². The van der Waals surface area contributed by atoms with Crippen LogP contribution in [-0.2, 0) is 13.1 Å². The molecular weight excluding hydrogens is 393 g/mol. The molecule has 3 aromatic rings. The smallest absolute Gasteiger partial charge is 0.254 e. The van der Waals surface area contributed by atoms with Crippen molar-refractivity contribution in [1.82, 2.24) is 14.5 Å².